The third kappa shape index (κ3) is 12.0. The second-order valence-corrected chi connectivity index (χ2v) is 11.4. The predicted octanol–water partition coefficient (Wildman–Crippen LogP) is 3.36. The lowest BCUT2D eigenvalue weighted by Crippen LogP contribution is -2.95. The number of ether oxygens (including phenoxy) is 2. The fourth-order valence-corrected chi connectivity index (χ4v) is 4.96. The van der Waals surface area contributed by atoms with E-state index < -0.39 is 29.7 Å². The number of carbonyl (C=O) groups excluding carboxylic acids is 3. The average molecular weight is 519 g/mol. The molecule has 0 aliphatic heterocycles. The van der Waals surface area contributed by atoms with Gasteiger partial charge in [-0.05, 0) is 96.3 Å². The van der Waals surface area contributed by atoms with E-state index in [0.717, 1.165) is 17.0 Å². The summed E-state index contributed by atoms with van der Waals surface area (Å²) in [4.78, 5) is 35.3. The van der Waals surface area contributed by atoms with E-state index in [9.17, 15) is 19.5 Å². The Kier molecular flexibility index (Phi) is 12.4. The molecular weight excluding hydrogens is 472 g/mol. The van der Waals surface area contributed by atoms with Gasteiger partial charge >= 0.3 is 12.1 Å². The summed E-state index contributed by atoms with van der Waals surface area (Å²) in [6, 6.07) is 7.16. The minimum absolute atomic E-state index is 0.0401. The van der Waals surface area contributed by atoms with Gasteiger partial charge in [-0.15, -0.1) is 0 Å². The summed E-state index contributed by atoms with van der Waals surface area (Å²) in [5.41, 5.74) is -0.0800. The highest BCUT2D eigenvalue weighted by atomic mass is 16.6. The Balaban J connectivity index is 0.000000308. The molecule has 0 spiro atoms. The molecule has 2 N–H and O–H groups in total. The van der Waals surface area contributed by atoms with Crippen LogP contribution in [-0.4, -0.2) is 53.7 Å². The summed E-state index contributed by atoms with van der Waals surface area (Å²) in [5.74, 6) is -1.47. The molecule has 1 amide bonds. The Morgan fingerprint density at radius 3 is 1.84 bits per heavy atom. The van der Waals surface area contributed by atoms with Crippen molar-refractivity contribution in [2.75, 3.05) is 7.05 Å². The summed E-state index contributed by atoms with van der Waals surface area (Å²) in [6.07, 6.45) is 14.2. The predicted molar refractivity (Wildman–Crippen MR) is 140 cm³/mol. The van der Waals surface area contributed by atoms with Gasteiger partial charge in [0.15, 0.2) is 0 Å². The van der Waals surface area contributed by atoms with Crippen LogP contribution in [0.2, 0.25) is 0 Å². The number of aliphatic carboxylic acids is 1. The van der Waals surface area contributed by atoms with Crippen LogP contribution < -0.4 is 15.2 Å². The Bertz CT molecular complexity index is 836. The van der Waals surface area contributed by atoms with Gasteiger partial charge in [-0.25, -0.2) is 4.79 Å². The zero-order valence-corrected chi connectivity index (χ0v) is 23.3. The van der Waals surface area contributed by atoms with Crippen LogP contribution in [0.4, 0.5) is 4.79 Å². The number of quaternary nitrogens is 1. The molecule has 8 heteroatoms. The number of esters is 1. The molecule has 1 atom stereocenters. The average Bonchev–Trinajstić information content (AvgIpc) is 2.83. The number of benzene rings is 1. The summed E-state index contributed by atoms with van der Waals surface area (Å²) in [5, 5.41) is 14.1. The number of rotatable bonds is 7. The first-order valence-electron chi connectivity index (χ1n) is 13.7. The number of nitrogens with zero attached hydrogens (tertiary/aromatic N) is 1. The molecule has 0 radical (unpaired) electrons. The number of hydrogen-bond donors (Lipinski definition) is 1. The number of likely N-dealkylation sites (N-methyl/N-ethyl adjacent to an activating group) is 1. The maximum absolute atomic E-state index is 12.0. The summed E-state index contributed by atoms with van der Waals surface area (Å²) in [6.45, 7) is 6.37. The Morgan fingerprint density at radius 1 is 0.946 bits per heavy atom. The first-order chi connectivity index (χ1) is 17.4. The second-order valence-electron chi connectivity index (χ2n) is 11.4. The molecule has 37 heavy (non-hydrogen) atoms. The number of carboxylic acids is 1. The largest absolute Gasteiger partial charge is 0.548 e. The van der Waals surface area contributed by atoms with Gasteiger partial charge in [-0.2, -0.15) is 0 Å². The summed E-state index contributed by atoms with van der Waals surface area (Å²) in [7, 11) is 1.35. The van der Waals surface area contributed by atoms with E-state index in [1.54, 1.807) is 45.0 Å². The molecule has 0 bridgehead atoms. The van der Waals surface area contributed by atoms with E-state index in [1.807, 2.05) is 0 Å². The molecule has 208 valence electrons. The summed E-state index contributed by atoms with van der Waals surface area (Å²) < 4.78 is 10.1. The number of nitrogens with two attached hydrogens (primary N) is 1. The van der Waals surface area contributed by atoms with Crippen LogP contribution in [0.5, 0.6) is 5.75 Å². The zero-order chi connectivity index (χ0) is 27.4. The first-order valence-corrected chi connectivity index (χ1v) is 13.7. The second kappa shape index (κ2) is 15.0. The lowest BCUT2D eigenvalue weighted by atomic mass is 9.91. The van der Waals surface area contributed by atoms with E-state index in [-0.39, 0.29) is 6.42 Å². The van der Waals surface area contributed by atoms with Crippen molar-refractivity contribution in [1.82, 2.24) is 4.90 Å². The molecule has 1 aromatic carbocycles. The lowest BCUT2D eigenvalue weighted by Gasteiger charge is -2.31. The van der Waals surface area contributed by atoms with Crippen molar-refractivity contribution in [2.45, 2.75) is 122 Å². The van der Waals surface area contributed by atoms with Gasteiger partial charge in [-0.3, -0.25) is 4.79 Å². The third-order valence-electron chi connectivity index (χ3n) is 6.88. The normalized spacial score (nSPS) is 17.6. The highest BCUT2D eigenvalue weighted by Crippen LogP contribution is 2.19. The van der Waals surface area contributed by atoms with E-state index in [0.29, 0.717) is 11.3 Å². The minimum atomic E-state index is -1.38. The maximum Gasteiger partial charge on any atom is 0.410 e. The van der Waals surface area contributed by atoms with Crippen molar-refractivity contribution < 1.29 is 34.3 Å². The smallest absolute Gasteiger partial charge is 0.410 e. The quantitative estimate of drug-likeness (QED) is 0.438. The van der Waals surface area contributed by atoms with Crippen LogP contribution in [-0.2, 0) is 20.7 Å². The number of amides is 1. The molecular formula is C29H46N2O6. The van der Waals surface area contributed by atoms with Gasteiger partial charge in [0, 0.05) is 14.0 Å². The van der Waals surface area contributed by atoms with E-state index >= 15 is 0 Å². The third-order valence-corrected chi connectivity index (χ3v) is 6.88. The van der Waals surface area contributed by atoms with Crippen molar-refractivity contribution in [1.29, 1.82) is 0 Å². The number of carbonyl (C=O) groups is 3. The van der Waals surface area contributed by atoms with Gasteiger partial charge in [0.1, 0.15) is 11.4 Å². The van der Waals surface area contributed by atoms with E-state index in [1.165, 1.54) is 78.2 Å². The van der Waals surface area contributed by atoms with Crippen LogP contribution in [0.15, 0.2) is 24.3 Å². The Morgan fingerprint density at radius 2 is 1.43 bits per heavy atom. The lowest BCUT2D eigenvalue weighted by molar-refractivity contribution is -0.725. The van der Waals surface area contributed by atoms with Gasteiger partial charge in [-0.1, -0.05) is 25.0 Å². The van der Waals surface area contributed by atoms with Crippen molar-refractivity contribution in [3.63, 3.8) is 0 Å². The highest BCUT2D eigenvalue weighted by Gasteiger charge is 2.26. The fraction of sp³-hybridized carbons (Fsp3) is 0.690. The molecule has 2 aliphatic rings. The van der Waals surface area contributed by atoms with Crippen LogP contribution >= 0.6 is 0 Å². The summed E-state index contributed by atoms with van der Waals surface area (Å²) >= 11 is 0. The molecule has 1 unspecified atom stereocenters. The van der Waals surface area contributed by atoms with Gasteiger partial charge < -0.3 is 29.6 Å². The van der Waals surface area contributed by atoms with Crippen LogP contribution in [0, 0.1) is 0 Å². The molecule has 0 saturated heterocycles. The van der Waals surface area contributed by atoms with Gasteiger partial charge in [0.05, 0.1) is 24.1 Å². The van der Waals surface area contributed by atoms with Crippen LogP contribution in [0.3, 0.4) is 0 Å². The van der Waals surface area contributed by atoms with Crippen molar-refractivity contribution in [2.24, 2.45) is 0 Å². The maximum atomic E-state index is 12.0. The molecule has 8 nitrogen and oxygen atoms in total. The molecule has 1 aromatic rings. The molecule has 2 aliphatic carbocycles. The monoisotopic (exact) mass is 518 g/mol. The SMILES string of the molecule is C1CCC([NH2+]C2CCCCC2)CC1.CC(=O)Oc1ccc(CC(C(=O)[O-])N(C)C(=O)OC(C)(C)C)cc1. The molecule has 0 aromatic heterocycles. The number of carboxylic acid groups (broad SMARTS) is 1. The first kappa shape index (κ1) is 30.6. The molecule has 3 rings (SSSR count). The van der Waals surface area contributed by atoms with E-state index in [4.69, 9.17) is 9.47 Å². The van der Waals surface area contributed by atoms with Crippen molar-refractivity contribution >= 4 is 18.0 Å². The standard InChI is InChI=1S/C17H23NO6.C12H23N/c1-11(19)23-13-8-6-12(7-9-13)10-14(15(20)21)18(5)16(22)24-17(2,3)4;1-3-7-11(8-4-1)13-12-9-5-2-6-10-12/h6-9,14H,10H2,1-5H3,(H,20,21);11-13H,1-10H2. The van der Waals surface area contributed by atoms with Gasteiger partial charge in [0.2, 0.25) is 0 Å². The molecule has 0 heterocycles. The Hall–Kier alpha value is -2.61. The van der Waals surface area contributed by atoms with Crippen LogP contribution in [0.25, 0.3) is 0 Å². The van der Waals surface area contributed by atoms with Gasteiger partial charge in [0.25, 0.3) is 0 Å². The van der Waals surface area contributed by atoms with Crippen LogP contribution in [0.1, 0.15) is 97.5 Å². The van der Waals surface area contributed by atoms with Crippen molar-refractivity contribution in [3.05, 3.63) is 29.8 Å². The molecule has 2 fully saturated rings. The van der Waals surface area contributed by atoms with E-state index in [2.05, 4.69) is 5.32 Å². The minimum Gasteiger partial charge on any atom is -0.548 e. The van der Waals surface area contributed by atoms with Crippen molar-refractivity contribution in [3.8, 4) is 5.75 Å². The fourth-order valence-electron chi connectivity index (χ4n) is 4.96. The molecule has 2 saturated carbocycles. The Labute approximate surface area is 222 Å². The highest BCUT2D eigenvalue weighted by molar-refractivity contribution is 5.79. The zero-order valence-electron chi connectivity index (χ0n) is 23.3. The topological polar surface area (TPSA) is 113 Å². The number of hydrogen-bond acceptors (Lipinski definition) is 6.